The van der Waals surface area contributed by atoms with E-state index < -0.39 is 23.9 Å². The zero-order chi connectivity index (χ0) is 18.6. The molecule has 0 saturated carbocycles. The Balaban J connectivity index is -0.0000000273. The molecule has 0 heterocycles. The van der Waals surface area contributed by atoms with Gasteiger partial charge in [-0.3, -0.25) is 9.59 Å². The number of nitrogens with two attached hydrogens (primary N) is 2. The van der Waals surface area contributed by atoms with E-state index in [1.165, 1.54) is 0 Å². The molecule has 0 aromatic heterocycles. The fourth-order valence-corrected chi connectivity index (χ4v) is 0. The van der Waals surface area contributed by atoms with Gasteiger partial charge in [0.2, 0.25) is 0 Å². The van der Waals surface area contributed by atoms with Crippen LogP contribution in [0.2, 0.25) is 0 Å². The molecular weight excluding hydrogens is 334 g/mol. The fourth-order valence-electron chi connectivity index (χ4n) is 0. The summed E-state index contributed by atoms with van der Waals surface area (Å²) >= 11 is 0. The molecule has 12 heteroatoms. The van der Waals surface area contributed by atoms with E-state index in [0.29, 0.717) is 6.54 Å². The van der Waals surface area contributed by atoms with Crippen LogP contribution in [0.3, 0.4) is 0 Å². The predicted molar refractivity (Wildman–Crippen MR) is 70.7 cm³/mol. The molecule has 23 heavy (non-hydrogen) atoms. The zero-order valence-electron chi connectivity index (χ0n) is 14.8. The second-order valence-electron chi connectivity index (χ2n) is 3.23. The van der Waals surface area contributed by atoms with Gasteiger partial charge in [-0.05, 0) is 20.8 Å². The maximum atomic E-state index is 9.00. The van der Waals surface area contributed by atoms with E-state index >= 15 is 0 Å². The molecule has 0 aliphatic carbocycles. The van der Waals surface area contributed by atoms with Gasteiger partial charge in [0.25, 0.3) is 11.9 Å². The van der Waals surface area contributed by atoms with E-state index in [1.807, 2.05) is 6.92 Å². The number of rotatable bonds is 1. The summed E-state index contributed by atoms with van der Waals surface area (Å²) in [4.78, 5) is 35.8. The molecule has 0 spiro atoms. The van der Waals surface area contributed by atoms with Crippen LogP contribution in [0.25, 0.3) is 0 Å². The molecule has 0 rings (SSSR count). The minimum atomic E-state index is -1.08. The topological polar surface area (TPSA) is 207 Å². The molecule has 0 fully saturated rings. The first-order valence-corrected chi connectivity index (χ1v) is 5.40. The van der Waals surface area contributed by atoms with Crippen LogP contribution in [0.1, 0.15) is 34.6 Å². The molecule has 0 saturated heterocycles. The van der Waals surface area contributed by atoms with E-state index in [0.717, 1.165) is 27.7 Å². The van der Waals surface area contributed by atoms with Crippen molar-refractivity contribution in [3.05, 3.63) is 0 Å². The Bertz CT molecular complexity index is 225. The van der Waals surface area contributed by atoms with Crippen molar-refractivity contribution in [1.29, 1.82) is 0 Å². The molecule has 10 nitrogen and oxygen atoms in total. The third kappa shape index (κ3) is 2640. The Kier molecular flexibility index (Phi) is 71.3. The fraction of sp³-hybridized carbons (Fsp3) is 0.636. The molecule has 0 aromatic carbocycles. The standard InChI is InChI=1S/C3H10N2.4C2H4O2.2Na/c1-3(5)2-4;4*1-2(3)4;;/h3H,2,4-5H2,1H3;4*1H3,(H,3,4);;/q;;;;;2*+1/p-2. The van der Waals surface area contributed by atoms with Crippen molar-refractivity contribution in [3.8, 4) is 0 Å². The van der Waals surface area contributed by atoms with Gasteiger partial charge in [-0.2, -0.15) is 0 Å². The summed E-state index contributed by atoms with van der Waals surface area (Å²) in [5.41, 5.74) is 10.2. The third-order valence-corrected chi connectivity index (χ3v) is 0.372. The molecule has 0 amide bonds. The first-order chi connectivity index (χ1) is 9.20. The number of carboxylic acid groups (broad SMARTS) is 4. The Morgan fingerprint density at radius 2 is 0.913 bits per heavy atom. The smallest absolute Gasteiger partial charge is 0.550 e. The normalized spacial score (nSPS) is 7.61. The summed E-state index contributed by atoms with van der Waals surface area (Å²) in [6.07, 6.45) is 0. The van der Waals surface area contributed by atoms with Gasteiger partial charge < -0.3 is 41.5 Å². The second-order valence-corrected chi connectivity index (χ2v) is 3.23. The molecule has 0 radical (unpaired) electrons. The number of aliphatic carboxylic acids is 4. The zero-order valence-corrected chi connectivity index (χ0v) is 18.8. The quantitative estimate of drug-likeness (QED) is 0.325. The first kappa shape index (κ1) is 43.4. The van der Waals surface area contributed by atoms with Crippen LogP contribution in [0.4, 0.5) is 0 Å². The maximum absolute atomic E-state index is 9.00. The minimum Gasteiger partial charge on any atom is -0.550 e. The summed E-state index contributed by atoms with van der Waals surface area (Å²) in [6.45, 7) is 6.57. The minimum absolute atomic E-state index is 0. The van der Waals surface area contributed by atoms with Crippen LogP contribution in [0, 0.1) is 0 Å². The average molecular weight is 358 g/mol. The van der Waals surface area contributed by atoms with Gasteiger partial charge in [-0.1, -0.05) is 0 Å². The van der Waals surface area contributed by atoms with Crippen molar-refractivity contribution in [2.45, 2.75) is 40.7 Å². The van der Waals surface area contributed by atoms with Gasteiger partial charge in [-0.25, -0.2) is 0 Å². The molecule has 1 unspecified atom stereocenters. The Hall–Kier alpha value is -0.200. The largest absolute Gasteiger partial charge is 1.00 e. The van der Waals surface area contributed by atoms with E-state index in [4.69, 9.17) is 51.1 Å². The van der Waals surface area contributed by atoms with Crippen LogP contribution in [-0.2, 0) is 19.2 Å². The van der Waals surface area contributed by atoms with Crippen molar-refractivity contribution in [2.24, 2.45) is 11.5 Å². The van der Waals surface area contributed by atoms with Crippen molar-refractivity contribution < 1.29 is 98.7 Å². The number of carboxylic acids is 4. The van der Waals surface area contributed by atoms with Crippen LogP contribution < -0.4 is 80.8 Å². The number of carbonyl (C=O) groups excluding carboxylic acids is 2. The predicted octanol–water partition coefficient (Wildman–Crippen LogP) is -9.01. The number of carbonyl (C=O) groups is 4. The van der Waals surface area contributed by atoms with Crippen molar-refractivity contribution >= 4 is 23.9 Å². The summed E-state index contributed by atoms with van der Waals surface area (Å²) in [5.74, 6) is -3.83. The summed E-state index contributed by atoms with van der Waals surface area (Å²) in [7, 11) is 0. The summed E-state index contributed by atoms with van der Waals surface area (Å²) in [5, 5.41) is 32.6. The summed E-state index contributed by atoms with van der Waals surface area (Å²) in [6, 6.07) is 0.162. The number of hydrogen-bond acceptors (Lipinski definition) is 8. The third-order valence-electron chi connectivity index (χ3n) is 0.372. The summed E-state index contributed by atoms with van der Waals surface area (Å²) < 4.78 is 0. The molecule has 0 aliphatic heterocycles. The molecule has 0 bridgehead atoms. The molecule has 6 N–H and O–H groups in total. The van der Waals surface area contributed by atoms with E-state index in [-0.39, 0.29) is 65.2 Å². The maximum Gasteiger partial charge on any atom is 1.00 e. The SMILES string of the molecule is CC(=O)O.CC(=O)O.CC(=O)[O-].CC(=O)[O-].CC(N)CN.[Na+].[Na+]. The van der Waals surface area contributed by atoms with E-state index in [9.17, 15) is 0 Å². The molecule has 0 aliphatic rings. The monoisotopic (exact) mass is 358 g/mol. The van der Waals surface area contributed by atoms with Crippen LogP contribution in [-0.4, -0.2) is 46.7 Å². The molecular formula is C11H24N2Na2O8. The van der Waals surface area contributed by atoms with Gasteiger partial charge in [-0.15, -0.1) is 0 Å². The van der Waals surface area contributed by atoms with Gasteiger partial charge in [0.1, 0.15) is 0 Å². The van der Waals surface area contributed by atoms with E-state index in [1.54, 1.807) is 0 Å². The molecule has 128 valence electrons. The van der Waals surface area contributed by atoms with Gasteiger partial charge in [0.15, 0.2) is 0 Å². The van der Waals surface area contributed by atoms with Gasteiger partial charge in [0, 0.05) is 38.4 Å². The van der Waals surface area contributed by atoms with Gasteiger partial charge in [0.05, 0.1) is 0 Å². The Morgan fingerprint density at radius 1 is 0.870 bits per heavy atom. The van der Waals surface area contributed by atoms with E-state index in [2.05, 4.69) is 0 Å². The average Bonchev–Trinajstić information content (AvgIpc) is 2.13. The molecule has 1 atom stereocenters. The number of hydrogen-bond donors (Lipinski definition) is 4. The first-order valence-electron chi connectivity index (χ1n) is 5.40. The Labute approximate surface area is 180 Å². The second kappa shape index (κ2) is 37.8. The van der Waals surface area contributed by atoms with Crippen LogP contribution in [0.15, 0.2) is 0 Å². The molecule has 0 aromatic rings. The Morgan fingerprint density at radius 3 is 0.913 bits per heavy atom. The van der Waals surface area contributed by atoms with Crippen LogP contribution >= 0.6 is 0 Å². The van der Waals surface area contributed by atoms with Crippen LogP contribution in [0.5, 0.6) is 0 Å². The van der Waals surface area contributed by atoms with Crippen molar-refractivity contribution in [3.63, 3.8) is 0 Å². The van der Waals surface area contributed by atoms with Crippen molar-refractivity contribution in [2.75, 3.05) is 6.54 Å². The van der Waals surface area contributed by atoms with Gasteiger partial charge >= 0.3 is 59.1 Å². The van der Waals surface area contributed by atoms with Crippen molar-refractivity contribution in [1.82, 2.24) is 0 Å².